The maximum Gasteiger partial charge on any atom is 0.236 e. The molecule has 0 aromatic carbocycles. The van der Waals surface area contributed by atoms with Crippen molar-refractivity contribution >= 4 is 5.91 Å². The second-order valence-electron chi connectivity index (χ2n) is 3.33. The fraction of sp³-hybridized carbons (Fsp3) is 0.444. The van der Waals surface area contributed by atoms with Gasteiger partial charge in [0.05, 0.1) is 12.6 Å². The Morgan fingerprint density at radius 1 is 1.62 bits per heavy atom. The zero-order chi connectivity index (χ0) is 9.26. The van der Waals surface area contributed by atoms with Gasteiger partial charge in [-0.2, -0.15) is 0 Å². The quantitative estimate of drug-likeness (QED) is 0.643. The van der Waals surface area contributed by atoms with Crippen LogP contribution < -0.4 is 5.32 Å². The lowest BCUT2D eigenvalue weighted by Crippen LogP contribution is -2.47. The Morgan fingerprint density at radius 3 is 3.08 bits per heavy atom. The van der Waals surface area contributed by atoms with Crippen molar-refractivity contribution < 1.29 is 4.79 Å². The van der Waals surface area contributed by atoms with Crippen LogP contribution in [0.1, 0.15) is 11.7 Å². The van der Waals surface area contributed by atoms with Crippen molar-refractivity contribution in [1.82, 2.24) is 15.2 Å². The Kier molecular flexibility index (Phi) is 2.06. The van der Waals surface area contributed by atoms with E-state index in [9.17, 15) is 4.79 Å². The van der Waals surface area contributed by atoms with Crippen LogP contribution >= 0.6 is 0 Å². The van der Waals surface area contributed by atoms with Crippen molar-refractivity contribution in [2.24, 2.45) is 0 Å². The smallest absolute Gasteiger partial charge is 0.236 e. The van der Waals surface area contributed by atoms with Gasteiger partial charge in [-0.3, -0.25) is 10.1 Å². The summed E-state index contributed by atoms with van der Waals surface area (Å²) >= 11 is 0. The van der Waals surface area contributed by atoms with Crippen molar-refractivity contribution in [3.05, 3.63) is 24.0 Å². The highest BCUT2D eigenvalue weighted by molar-refractivity contribution is 5.78. The number of H-pyrrole nitrogens is 1. The maximum absolute atomic E-state index is 11.2. The summed E-state index contributed by atoms with van der Waals surface area (Å²) in [6.07, 6.45) is 1.90. The molecular formula is C9H13N3O. The number of hydrogen-bond acceptors (Lipinski definition) is 2. The van der Waals surface area contributed by atoms with Crippen LogP contribution in [0.15, 0.2) is 18.3 Å². The van der Waals surface area contributed by atoms with E-state index in [-0.39, 0.29) is 11.9 Å². The summed E-state index contributed by atoms with van der Waals surface area (Å²) < 4.78 is 0. The van der Waals surface area contributed by atoms with Gasteiger partial charge in [-0.15, -0.1) is 0 Å². The van der Waals surface area contributed by atoms with Gasteiger partial charge in [0.25, 0.3) is 0 Å². The van der Waals surface area contributed by atoms with Crippen LogP contribution in [0.3, 0.4) is 0 Å². The number of nitrogens with zero attached hydrogens (tertiary/aromatic N) is 1. The number of piperazine rings is 1. The van der Waals surface area contributed by atoms with Gasteiger partial charge in [-0.1, -0.05) is 0 Å². The normalized spacial score (nSPS) is 23.6. The van der Waals surface area contributed by atoms with Gasteiger partial charge >= 0.3 is 0 Å². The average molecular weight is 179 g/mol. The molecule has 1 aromatic heterocycles. The molecule has 0 bridgehead atoms. The topological polar surface area (TPSA) is 48.1 Å². The van der Waals surface area contributed by atoms with Crippen molar-refractivity contribution in [2.45, 2.75) is 6.04 Å². The molecule has 1 atom stereocenters. The summed E-state index contributed by atoms with van der Waals surface area (Å²) in [5.74, 6) is 0.155. The standard InChI is InChI=1S/C9H13N3O/c1-12-6-8(11-5-9(12)13)7-3-2-4-10-7/h2-4,8,10-11H,5-6H2,1H3. The van der Waals surface area contributed by atoms with Crippen LogP contribution in [0.2, 0.25) is 0 Å². The molecule has 0 spiro atoms. The molecule has 1 unspecified atom stereocenters. The predicted octanol–water partition coefficient (Wildman–Crippen LogP) is 0.117. The van der Waals surface area contributed by atoms with Gasteiger partial charge < -0.3 is 9.88 Å². The average Bonchev–Trinajstić information content (AvgIpc) is 2.62. The van der Waals surface area contributed by atoms with E-state index in [1.807, 2.05) is 25.4 Å². The summed E-state index contributed by atoms with van der Waals surface area (Å²) in [4.78, 5) is 16.1. The minimum Gasteiger partial charge on any atom is -0.364 e. The third-order valence-electron chi connectivity index (χ3n) is 2.38. The highest BCUT2D eigenvalue weighted by atomic mass is 16.2. The van der Waals surface area contributed by atoms with E-state index >= 15 is 0 Å². The monoisotopic (exact) mass is 179 g/mol. The molecule has 2 rings (SSSR count). The number of amides is 1. The summed E-state index contributed by atoms with van der Waals surface area (Å²) in [5, 5.41) is 3.18. The molecule has 0 radical (unpaired) electrons. The van der Waals surface area contributed by atoms with Crippen LogP contribution in [0.25, 0.3) is 0 Å². The van der Waals surface area contributed by atoms with Crippen LogP contribution in [-0.4, -0.2) is 35.9 Å². The van der Waals surface area contributed by atoms with E-state index < -0.39 is 0 Å². The maximum atomic E-state index is 11.2. The van der Waals surface area contributed by atoms with E-state index in [4.69, 9.17) is 0 Å². The van der Waals surface area contributed by atoms with E-state index in [0.29, 0.717) is 6.54 Å². The molecule has 4 nitrogen and oxygen atoms in total. The summed E-state index contributed by atoms with van der Waals surface area (Å²) in [5.41, 5.74) is 1.14. The Hall–Kier alpha value is -1.29. The molecule has 4 heteroatoms. The van der Waals surface area contributed by atoms with Crippen LogP contribution in [0.5, 0.6) is 0 Å². The highest BCUT2D eigenvalue weighted by Gasteiger charge is 2.23. The number of aromatic nitrogens is 1. The molecule has 1 amide bonds. The molecule has 1 aliphatic rings. The number of aromatic amines is 1. The first kappa shape index (κ1) is 8.31. The lowest BCUT2D eigenvalue weighted by atomic mass is 10.1. The number of carbonyl (C=O) groups excluding carboxylic acids is 1. The Morgan fingerprint density at radius 2 is 2.46 bits per heavy atom. The number of rotatable bonds is 1. The lowest BCUT2D eigenvalue weighted by molar-refractivity contribution is -0.131. The molecular weight excluding hydrogens is 166 g/mol. The number of nitrogens with one attached hydrogen (secondary N) is 2. The Bertz CT molecular complexity index is 294. The predicted molar refractivity (Wildman–Crippen MR) is 49.2 cm³/mol. The number of likely N-dealkylation sites (N-methyl/N-ethyl adjacent to an activating group) is 1. The molecule has 70 valence electrons. The van der Waals surface area contributed by atoms with E-state index in [1.165, 1.54) is 0 Å². The molecule has 1 aliphatic heterocycles. The van der Waals surface area contributed by atoms with Crippen LogP contribution in [0, 0.1) is 0 Å². The van der Waals surface area contributed by atoms with E-state index in [0.717, 1.165) is 12.2 Å². The van der Waals surface area contributed by atoms with Crippen molar-refractivity contribution in [3.8, 4) is 0 Å². The molecule has 1 fully saturated rings. The molecule has 2 N–H and O–H groups in total. The zero-order valence-corrected chi connectivity index (χ0v) is 7.58. The molecule has 1 aromatic rings. The largest absolute Gasteiger partial charge is 0.364 e. The summed E-state index contributed by atoms with van der Waals surface area (Å²) in [7, 11) is 1.83. The Labute approximate surface area is 76.9 Å². The van der Waals surface area contributed by atoms with Gasteiger partial charge in [0.2, 0.25) is 5.91 Å². The fourth-order valence-electron chi connectivity index (χ4n) is 1.55. The number of hydrogen-bond donors (Lipinski definition) is 2. The van der Waals surface area contributed by atoms with Gasteiger partial charge in [0.15, 0.2) is 0 Å². The molecule has 13 heavy (non-hydrogen) atoms. The fourth-order valence-corrected chi connectivity index (χ4v) is 1.55. The first-order valence-electron chi connectivity index (χ1n) is 4.38. The zero-order valence-electron chi connectivity index (χ0n) is 7.58. The summed E-state index contributed by atoms with van der Waals surface area (Å²) in [6.45, 7) is 1.17. The first-order valence-corrected chi connectivity index (χ1v) is 4.38. The minimum absolute atomic E-state index is 0.155. The summed E-state index contributed by atoms with van der Waals surface area (Å²) in [6, 6.07) is 4.24. The second-order valence-corrected chi connectivity index (χ2v) is 3.33. The number of carbonyl (C=O) groups is 1. The molecule has 1 saturated heterocycles. The SMILES string of the molecule is CN1CC(c2ccc[nH]2)NCC1=O. The van der Waals surface area contributed by atoms with Crippen LogP contribution in [0.4, 0.5) is 0 Å². The second kappa shape index (κ2) is 3.22. The lowest BCUT2D eigenvalue weighted by Gasteiger charge is -2.30. The van der Waals surface area contributed by atoms with Gasteiger partial charge in [-0.05, 0) is 12.1 Å². The minimum atomic E-state index is 0.155. The molecule has 0 aliphatic carbocycles. The van der Waals surface area contributed by atoms with E-state index in [2.05, 4.69) is 10.3 Å². The van der Waals surface area contributed by atoms with E-state index in [1.54, 1.807) is 4.90 Å². The highest BCUT2D eigenvalue weighted by Crippen LogP contribution is 2.14. The first-order chi connectivity index (χ1) is 6.27. The van der Waals surface area contributed by atoms with Crippen molar-refractivity contribution in [1.29, 1.82) is 0 Å². The van der Waals surface area contributed by atoms with Crippen LogP contribution in [-0.2, 0) is 4.79 Å². The molecule has 0 saturated carbocycles. The van der Waals surface area contributed by atoms with Gasteiger partial charge in [-0.25, -0.2) is 0 Å². The van der Waals surface area contributed by atoms with Gasteiger partial charge in [0, 0.05) is 25.5 Å². The Balaban J connectivity index is 2.07. The molecule has 2 heterocycles. The third-order valence-corrected chi connectivity index (χ3v) is 2.38. The third kappa shape index (κ3) is 1.58. The van der Waals surface area contributed by atoms with Crippen molar-refractivity contribution in [3.63, 3.8) is 0 Å². The van der Waals surface area contributed by atoms with Crippen molar-refractivity contribution in [2.75, 3.05) is 20.1 Å². The van der Waals surface area contributed by atoms with Gasteiger partial charge in [0.1, 0.15) is 0 Å².